The van der Waals surface area contributed by atoms with E-state index in [-0.39, 0.29) is 30.2 Å². The van der Waals surface area contributed by atoms with Gasteiger partial charge in [-0.15, -0.1) is 0 Å². The largest absolute Gasteiger partial charge is 0.486 e. The fourth-order valence-corrected chi connectivity index (χ4v) is 6.62. The number of carbonyl (C=O) groups excluding carboxylic acids is 1. The number of benzene rings is 1. The molecule has 4 rings (SSSR count). The van der Waals surface area contributed by atoms with Crippen LogP contribution in [-0.2, 0) is 9.84 Å². The second-order valence-corrected chi connectivity index (χ2v) is 9.37. The van der Waals surface area contributed by atoms with Crippen LogP contribution < -0.4 is 9.47 Å². The minimum atomic E-state index is -3.18. The Balaban J connectivity index is 1.62. The lowest BCUT2D eigenvalue weighted by atomic mass is 10.00. The molecular formula is C17H22N2O5S. The van der Waals surface area contributed by atoms with Gasteiger partial charge in [-0.1, -0.05) is 6.07 Å². The molecule has 3 aliphatic heterocycles. The van der Waals surface area contributed by atoms with E-state index < -0.39 is 15.1 Å². The Morgan fingerprint density at radius 3 is 2.72 bits per heavy atom. The molecule has 0 bridgehead atoms. The highest BCUT2D eigenvalue weighted by molar-refractivity contribution is 7.92. The number of hydrogen-bond acceptors (Lipinski definition) is 6. The highest BCUT2D eigenvalue weighted by Gasteiger charge is 2.53. The molecular weight excluding hydrogens is 344 g/mol. The van der Waals surface area contributed by atoms with Crippen molar-refractivity contribution in [3.63, 3.8) is 0 Å². The number of ether oxygens (including phenoxy) is 2. The summed E-state index contributed by atoms with van der Waals surface area (Å²) in [6.07, 6.45) is 0. The van der Waals surface area contributed by atoms with E-state index in [4.69, 9.17) is 9.47 Å². The molecule has 7 nitrogen and oxygen atoms in total. The van der Waals surface area contributed by atoms with Crippen molar-refractivity contribution in [3.8, 4) is 11.5 Å². The number of rotatable bonds is 2. The van der Waals surface area contributed by atoms with Crippen molar-refractivity contribution in [2.45, 2.75) is 11.3 Å². The Morgan fingerprint density at radius 1 is 1.20 bits per heavy atom. The second kappa shape index (κ2) is 5.88. The van der Waals surface area contributed by atoms with Crippen LogP contribution in [0.5, 0.6) is 11.5 Å². The summed E-state index contributed by atoms with van der Waals surface area (Å²) in [5, 5.41) is -0.472. The van der Waals surface area contributed by atoms with Gasteiger partial charge in [-0.25, -0.2) is 8.42 Å². The number of amides is 1. The van der Waals surface area contributed by atoms with E-state index in [1.165, 1.54) is 0 Å². The summed E-state index contributed by atoms with van der Waals surface area (Å²) in [5.74, 6) is 0.970. The molecule has 136 valence electrons. The predicted octanol–water partition coefficient (Wildman–Crippen LogP) is 0.257. The van der Waals surface area contributed by atoms with Gasteiger partial charge in [-0.3, -0.25) is 4.79 Å². The van der Waals surface area contributed by atoms with Crippen LogP contribution in [0.25, 0.3) is 0 Å². The molecule has 0 saturated carbocycles. The minimum Gasteiger partial charge on any atom is -0.486 e. The van der Waals surface area contributed by atoms with Crippen molar-refractivity contribution in [1.29, 1.82) is 0 Å². The van der Waals surface area contributed by atoms with Crippen molar-refractivity contribution in [2.75, 3.05) is 46.2 Å². The Morgan fingerprint density at radius 2 is 1.96 bits per heavy atom. The van der Waals surface area contributed by atoms with Gasteiger partial charge in [-0.2, -0.15) is 0 Å². The molecule has 8 heteroatoms. The van der Waals surface area contributed by atoms with Crippen molar-refractivity contribution in [1.82, 2.24) is 9.80 Å². The number of hydrogen-bond donors (Lipinski definition) is 0. The zero-order chi connectivity index (χ0) is 17.8. The van der Waals surface area contributed by atoms with Gasteiger partial charge in [0.1, 0.15) is 13.2 Å². The fourth-order valence-electron chi connectivity index (χ4n) is 4.14. The van der Waals surface area contributed by atoms with Gasteiger partial charge in [0.2, 0.25) is 0 Å². The molecule has 0 aliphatic carbocycles. The van der Waals surface area contributed by atoms with Crippen molar-refractivity contribution >= 4 is 15.7 Å². The summed E-state index contributed by atoms with van der Waals surface area (Å²) in [4.78, 5) is 16.6. The molecule has 1 amide bonds. The van der Waals surface area contributed by atoms with Gasteiger partial charge in [0.05, 0.1) is 16.6 Å². The minimum absolute atomic E-state index is 0.0411. The molecule has 1 aromatic rings. The first-order chi connectivity index (χ1) is 11.9. The zero-order valence-electron chi connectivity index (χ0n) is 14.3. The summed E-state index contributed by atoms with van der Waals surface area (Å²) >= 11 is 0. The third-order valence-corrected chi connectivity index (χ3v) is 7.64. The zero-order valence-corrected chi connectivity index (χ0v) is 15.2. The summed E-state index contributed by atoms with van der Waals surface area (Å²) in [6, 6.07) is 5.20. The first kappa shape index (κ1) is 16.7. The lowest BCUT2D eigenvalue weighted by Gasteiger charge is -2.26. The molecule has 0 unspecified atom stereocenters. The Bertz CT molecular complexity index is 807. The van der Waals surface area contributed by atoms with Crippen LogP contribution >= 0.6 is 0 Å². The summed E-state index contributed by atoms with van der Waals surface area (Å²) in [6.45, 7) is 1.57. The molecule has 25 heavy (non-hydrogen) atoms. The van der Waals surface area contributed by atoms with E-state index in [1.54, 1.807) is 23.1 Å². The molecule has 3 aliphatic rings. The SMILES string of the molecule is CN(C)[C@@H]1CS(=O)(=O)[C@H]2CN(C(=O)c3cccc4c3OCCO4)C[C@@H]12. The summed E-state index contributed by atoms with van der Waals surface area (Å²) < 4.78 is 36.1. The summed E-state index contributed by atoms with van der Waals surface area (Å²) in [7, 11) is 0.614. The number of sulfone groups is 1. The molecule has 2 fully saturated rings. The Labute approximate surface area is 147 Å². The van der Waals surface area contributed by atoms with Crippen molar-refractivity contribution in [3.05, 3.63) is 23.8 Å². The van der Waals surface area contributed by atoms with Crippen LogP contribution in [0.3, 0.4) is 0 Å². The van der Waals surface area contributed by atoms with Gasteiger partial charge < -0.3 is 19.3 Å². The standard InChI is InChI=1S/C17H22N2O5S/c1-18(2)13-10-25(21,22)15-9-19(8-12(13)15)17(20)11-4-3-5-14-16(11)24-7-6-23-14/h3-5,12-13,15H,6-10H2,1-2H3/t12-,13+,15-/m0/s1. The number of likely N-dealkylation sites (tertiary alicyclic amines) is 1. The molecule has 1 aromatic carbocycles. The van der Waals surface area contributed by atoms with E-state index in [9.17, 15) is 13.2 Å². The molecule has 3 heterocycles. The topological polar surface area (TPSA) is 76.2 Å². The third kappa shape index (κ3) is 2.67. The Kier molecular flexibility index (Phi) is 3.92. The Hall–Kier alpha value is -1.80. The number of para-hydroxylation sites is 1. The maximum atomic E-state index is 13.0. The average molecular weight is 366 g/mol. The van der Waals surface area contributed by atoms with Crippen LogP contribution in [0.15, 0.2) is 18.2 Å². The summed E-state index contributed by atoms with van der Waals surface area (Å²) in [5.41, 5.74) is 0.441. The van der Waals surface area contributed by atoms with Gasteiger partial charge in [0, 0.05) is 25.0 Å². The highest BCUT2D eigenvalue weighted by Crippen LogP contribution is 2.39. The van der Waals surface area contributed by atoms with Crippen LogP contribution in [-0.4, -0.2) is 81.6 Å². The maximum Gasteiger partial charge on any atom is 0.257 e. The number of carbonyl (C=O) groups is 1. The second-order valence-electron chi connectivity index (χ2n) is 7.10. The lowest BCUT2D eigenvalue weighted by molar-refractivity contribution is 0.0769. The van der Waals surface area contributed by atoms with Crippen LogP contribution in [0, 0.1) is 5.92 Å². The quantitative estimate of drug-likeness (QED) is 0.747. The van der Waals surface area contributed by atoms with Gasteiger partial charge in [0.25, 0.3) is 5.91 Å². The van der Waals surface area contributed by atoms with E-state index in [1.807, 2.05) is 19.0 Å². The van der Waals surface area contributed by atoms with Gasteiger partial charge >= 0.3 is 0 Å². The number of fused-ring (bicyclic) bond motifs is 2. The number of nitrogens with zero attached hydrogens (tertiary/aromatic N) is 2. The molecule has 2 saturated heterocycles. The van der Waals surface area contributed by atoms with Crippen LogP contribution in [0.1, 0.15) is 10.4 Å². The van der Waals surface area contributed by atoms with Crippen molar-refractivity contribution < 1.29 is 22.7 Å². The first-order valence-corrected chi connectivity index (χ1v) is 10.2. The fraction of sp³-hybridized carbons (Fsp3) is 0.588. The predicted molar refractivity (Wildman–Crippen MR) is 91.9 cm³/mol. The normalized spacial score (nSPS) is 29.7. The molecule has 0 N–H and O–H groups in total. The molecule has 3 atom stereocenters. The first-order valence-electron chi connectivity index (χ1n) is 8.44. The van der Waals surface area contributed by atoms with Gasteiger partial charge in [-0.05, 0) is 26.2 Å². The third-order valence-electron chi connectivity index (χ3n) is 5.41. The lowest BCUT2D eigenvalue weighted by Crippen LogP contribution is -2.38. The average Bonchev–Trinajstić information content (AvgIpc) is 3.13. The van der Waals surface area contributed by atoms with E-state index >= 15 is 0 Å². The highest BCUT2D eigenvalue weighted by atomic mass is 32.2. The molecule has 0 aromatic heterocycles. The van der Waals surface area contributed by atoms with E-state index in [0.717, 1.165) is 0 Å². The van der Waals surface area contributed by atoms with Crippen molar-refractivity contribution in [2.24, 2.45) is 5.92 Å². The smallest absolute Gasteiger partial charge is 0.257 e. The van der Waals surface area contributed by atoms with Crippen LogP contribution in [0.2, 0.25) is 0 Å². The monoisotopic (exact) mass is 366 g/mol. The molecule has 0 spiro atoms. The van der Waals surface area contributed by atoms with Crippen LogP contribution in [0.4, 0.5) is 0 Å². The molecule has 0 radical (unpaired) electrons. The maximum absolute atomic E-state index is 13.0. The van der Waals surface area contributed by atoms with E-state index in [2.05, 4.69) is 0 Å². The van der Waals surface area contributed by atoms with E-state index in [0.29, 0.717) is 36.8 Å². The van der Waals surface area contributed by atoms with Gasteiger partial charge in [0.15, 0.2) is 21.3 Å².